The summed E-state index contributed by atoms with van der Waals surface area (Å²) in [5, 5.41) is 2.20. The lowest BCUT2D eigenvalue weighted by Gasteiger charge is -2.37. The molecular weight excluding hydrogens is 569 g/mol. The molecule has 7 nitrogen and oxygen atoms in total. The molecular formula is C27H30Cl3N3O4S. The zero-order valence-corrected chi connectivity index (χ0v) is 24.5. The number of methoxy groups -OCH3 is 1. The summed E-state index contributed by atoms with van der Waals surface area (Å²) in [6, 6.07) is 18.9. The van der Waals surface area contributed by atoms with Gasteiger partial charge in [0.05, 0.1) is 17.7 Å². The fraction of sp³-hybridized carbons (Fsp3) is 0.370. The summed E-state index contributed by atoms with van der Waals surface area (Å²) in [5.41, 5.74) is 1.22. The number of piperazine rings is 1. The van der Waals surface area contributed by atoms with E-state index in [4.69, 9.17) is 39.5 Å². The molecule has 0 unspecified atom stereocenters. The number of rotatable bonds is 7. The lowest BCUT2D eigenvalue weighted by atomic mass is 9.82. The molecule has 0 atom stereocenters. The highest BCUT2D eigenvalue weighted by molar-refractivity contribution is 7.89. The molecule has 11 heteroatoms. The van der Waals surface area contributed by atoms with Crippen molar-refractivity contribution >= 4 is 67.2 Å². The van der Waals surface area contributed by atoms with Crippen molar-refractivity contribution in [3.8, 4) is 5.75 Å². The van der Waals surface area contributed by atoms with Crippen molar-refractivity contribution in [1.82, 2.24) is 9.62 Å². The van der Waals surface area contributed by atoms with Crippen molar-refractivity contribution < 1.29 is 17.9 Å². The van der Waals surface area contributed by atoms with Crippen molar-refractivity contribution in [2.24, 2.45) is 0 Å². The number of amides is 1. The predicted molar refractivity (Wildman–Crippen MR) is 154 cm³/mol. The van der Waals surface area contributed by atoms with Crippen LogP contribution in [0.2, 0.25) is 0 Å². The van der Waals surface area contributed by atoms with E-state index in [1.165, 1.54) is 18.1 Å². The minimum Gasteiger partial charge on any atom is -0.495 e. The maximum atomic E-state index is 13.4. The average molecular weight is 599 g/mol. The highest BCUT2D eigenvalue weighted by Gasteiger charge is 2.37. The number of fused-ring (bicyclic) bond motifs is 1. The summed E-state index contributed by atoms with van der Waals surface area (Å²) in [6.07, 6.45) is 0. The maximum absolute atomic E-state index is 13.4. The van der Waals surface area contributed by atoms with Gasteiger partial charge >= 0.3 is 0 Å². The third kappa shape index (κ3) is 6.15. The third-order valence-corrected chi connectivity index (χ3v) is 8.72. The van der Waals surface area contributed by atoms with Gasteiger partial charge in [0.15, 0.2) is 0 Å². The van der Waals surface area contributed by atoms with E-state index in [1.807, 2.05) is 55.1 Å². The molecule has 4 rings (SSSR count). The smallest absolute Gasteiger partial charge is 0.274 e. The van der Waals surface area contributed by atoms with E-state index >= 15 is 0 Å². The monoisotopic (exact) mass is 597 g/mol. The molecule has 3 aromatic rings. The van der Waals surface area contributed by atoms with Crippen molar-refractivity contribution in [3.05, 3.63) is 66.2 Å². The van der Waals surface area contributed by atoms with Crippen molar-refractivity contribution in [2.75, 3.05) is 44.7 Å². The number of alkyl halides is 3. The largest absolute Gasteiger partial charge is 0.495 e. The summed E-state index contributed by atoms with van der Waals surface area (Å²) in [6.45, 7) is 5.75. The van der Waals surface area contributed by atoms with Crippen LogP contribution in [0.25, 0.3) is 10.8 Å². The lowest BCUT2D eigenvalue weighted by Crippen LogP contribution is -2.51. The number of carbonyl (C=O) groups excluding carboxylic acids is 1. The van der Waals surface area contributed by atoms with Gasteiger partial charge in [-0.3, -0.25) is 4.79 Å². The van der Waals surface area contributed by atoms with Gasteiger partial charge in [-0.25, -0.2) is 13.1 Å². The molecule has 0 bridgehead atoms. The zero-order chi connectivity index (χ0) is 27.7. The van der Waals surface area contributed by atoms with Gasteiger partial charge in [-0.05, 0) is 34.5 Å². The molecule has 0 radical (unpaired) electrons. The van der Waals surface area contributed by atoms with Gasteiger partial charge in [-0.2, -0.15) is 0 Å². The number of anilines is 1. The van der Waals surface area contributed by atoms with Crippen molar-refractivity contribution in [3.63, 3.8) is 0 Å². The van der Waals surface area contributed by atoms with Crippen LogP contribution < -0.4 is 14.4 Å². The number of halogens is 3. The molecule has 0 spiro atoms. The molecule has 1 amide bonds. The first-order chi connectivity index (χ1) is 17.8. The fourth-order valence-corrected chi connectivity index (χ4v) is 6.27. The van der Waals surface area contributed by atoms with E-state index in [2.05, 4.69) is 10.8 Å². The van der Waals surface area contributed by atoms with Crippen LogP contribution in [0.5, 0.6) is 5.75 Å². The molecule has 0 saturated carbocycles. The van der Waals surface area contributed by atoms with Crippen LogP contribution in [0, 0.1) is 0 Å². The number of benzene rings is 3. The standard InChI is InChI=1S/C27H30Cl3N3O4S/c1-26(2,22-10-6-8-19-7-4-5-9-21(19)22)18-31-38(35,36)20-11-12-24(37-3)23(17-20)32-13-15-33(16-14-32)25(34)27(28,29)30/h4-12,17,31H,13-16,18H2,1-3H3. The van der Waals surface area contributed by atoms with Crippen LogP contribution in [0.4, 0.5) is 5.69 Å². The molecule has 1 heterocycles. The quantitative estimate of drug-likeness (QED) is 0.382. The number of hydrogen-bond donors (Lipinski definition) is 1. The Kier molecular flexibility index (Phi) is 8.40. The van der Waals surface area contributed by atoms with Gasteiger partial charge < -0.3 is 14.5 Å². The van der Waals surface area contributed by atoms with E-state index in [0.717, 1.165) is 16.3 Å². The van der Waals surface area contributed by atoms with Gasteiger partial charge in [0, 0.05) is 38.1 Å². The molecule has 1 aliphatic rings. The van der Waals surface area contributed by atoms with E-state index < -0.39 is 25.1 Å². The van der Waals surface area contributed by atoms with Crippen LogP contribution in [0.3, 0.4) is 0 Å². The first-order valence-corrected chi connectivity index (χ1v) is 14.7. The highest BCUT2D eigenvalue weighted by atomic mass is 35.6. The highest BCUT2D eigenvalue weighted by Crippen LogP contribution is 2.34. The molecule has 3 aromatic carbocycles. The van der Waals surface area contributed by atoms with Crippen molar-refractivity contribution in [2.45, 2.75) is 28.0 Å². The minimum atomic E-state index is -3.83. The number of nitrogens with one attached hydrogen (secondary N) is 1. The molecule has 204 valence electrons. The second-order valence-corrected chi connectivity index (χ2v) is 13.9. The normalized spacial score (nSPS) is 15.1. The van der Waals surface area contributed by atoms with Crippen LogP contribution >= 0.6 is 34.8 Å². The number of hydrogen-bond acceptors (Lipinski definition) is 5. The summed E-state index contributed by atoms with van der Waals surface area (Å²) in [7, 11) is -2.31. The average Bonchev–Trinajstić information content (AvgIpc) is 2.90. The number of carbonyl (C=O) groups is 1. The van der Waals surface area contributed by atoms with Gasteiger partial charge in [0.1, 0.15) is 5.75 Å². The second kappa shape index (κ2) is 11.1. The topological polar surface area (TPSA) is 79.0 Å². The number of nitrogens with zero attached hydrogens (tertiary/aromatic N) is 2. The SMILES string of the molecule is COc1ccc(S(=O)(=O)NCC(C)(C)c2cccc3ccccc23)cc1N1CCN(C(=O)C(Cl)(Cl)Cl)CC1. The molecule has 0 aliphatic carbocycles. The molecule has 1 saturated heterocycles. The molecule has 1 N–H and O–H groups in total. The number of ether oxygens (including phenoxy) is 1. The van der Waals surface area contributed by atoms with E-state index in [9.17, 15) is 13.2 Å². The Morgan fingerprint density at radius 2 is 1.63 bits per heavy atom. The fourth-order valence-electron chi connectivity index (χ4n) is 4.68. The van der Waals surface area contributed by atoms with Crippen LogP contribution in [-0.2, 0) is 20.2 Å². The molecule has 1 fully saturated rings. The Bertz CT molecular complexity index is 1430. The van der Waals surface area contributed by atoms with Crippen LogP contribution in [-0.4, -0.2) is 62.9 Å². The molecule has 1 aliphatic heterocycles. The Labute approximate surface area is 238 Å². The van der Waals surface area contributed by atoms with E-state index in [0.29, 0.717) is 37.6 Å². The molecule has 0 aromatic heterocycles. The van der Waals surface area contributed by atoms with Gasteiger partial charge in [-0.15, -0.1) is 0 Å². The predicted octanol–water partition coefficient (Wildman–Crippen LogP) is 5.12. The Hall–Kier alpha value is -2.23. The molecule has 38 heavy (non-hydrogen) atoms. The van der Waals surface area contributed by atoms with Gasteiger partial charge in [-0.1, -0.05) is 91.1 Å². The second-order valence-electron chi connectivity index (χ2n) is 9.85. The summed E-state index contributed by atoms with van der Waals surface area (Å²) >= 11 is 17.3. The lowest BCUT2D eigenvalue weighted by molar-refractivity contribution is -0.130. The zero-order valence-electron chi connectivity index (χ0n) is 21.4. The van der Waals surface area contributed by atoms with E-state index in [-0.39, 0.29) is 11.4 Å². The maximum Gasteiger partial charge on any atom is 0.274 e. The van der Waals surface area contributed by atoms with E-state index in [1.54, 1.807) is 12.1 Å². The summed E-state index contributed by atoms with van der Waals surface area (Å²) < 4.78 is 33.1. The first-order valence-electron chi connectivity index (χ1n) is 12.1. The number of sulfonamides is 1. The first kappa shape index (κ1) is 28.8. The third-order valence-electron chi connectivity index (χ3n) is 6.83. The summed E-state index contributed by atoms with van der Waals surface area (Å²) in [5.74, 6) is -0.0513. The van der Waals surface area contributed by atoms with Crippen molar-refractivity contribution in [1.29, 1.82) is 0 Å². The Morgan fingerprint density at radius 1 is 0.974 bits per heavy atom. The Morgan fingerprint density at radius 3 is 2.29 bits per heavy atom. The van der Waals surface area contributed by atoms with Gasteiger partial charge in [0.25, 0.3) is 9.70 Å². The summed E-state index contributed by atoms with van der Waals surface area (Å²) in [4.78, 5) is 15.9. The minimum absolute atomic E-state index is 0.127. The van der Waals surface area contributed by atoms with Crippen LogP contribution in [0.1, 0.15) is 19.4 Å². The Balaban J connectivity index is 1.53. The van der Waals surface area contributed by atoms with Crippen LogP contribution in [0.15, 0.2) is 65.6 Å². The van der Waals surface area contributed by atoms with Gasteiger partial charge in [0.2, 0.25) is 10.0 Å².